The summed E-state index contributed by atoms with van der Waals surface area (Å²) < 4.78 is 13.7. The van der Waals surface area contributed by atoms with Crippen LogP contribution in [0.15, 0.2) is 23.4 Å². The van der Waals surface area contributed by atoms with E-state index in [1.54, 1.807) is 19.2 Å². The predicted molar refractivity (Wildman–Crippen MR) is 65.9 cm³/mol. The largest absolute Gasteiger partial charge is 0.409 e. The first kappa shape index (κ1) is 14.1. The van der Waals surface area contributed by atoms with Gasteiger partial charge in [0.05, 0.1) is 0 Å². The van der Waals surface area contributed by atoms with Gasteiger partial charge in [0.15, 0.2) is 5.84 Å². The number of rotatable bonds is 6. The van der Waals surface area contributed by atoms with E-state index in [1.165, 1.54) is 6.07 Å². The second-order valence-corrected chi connectivity index (χ2v) is 3.98. The summed E-state index contributed by atoms with van der Waals surface area (Å²) in [7, 11) is 1.81. The third-order valence-corrected chi connectivity index (χ3v) is 2.53. The van der Waals surface area contributed by atoms with Crippen LogP contribution in [-0.2, 0) is 11.3 Å². The van der Waals surface area contributed by atoms with Gasteiger partial charge in [0, 0.05) is 30.6 Å². The molecule has 6 heteroatoms. The van der Waals surface area contributed by atoms with Crippen LogP contribution in [0.2, 0.25) is 0 Å². The van der Waals surface area contributed by atoms with Crippen molar-refractivity contribution >= 4 is 12.1 Å². The number of oxime groups is 1. The van der Waals surface area contributed by atoms with E-state index in [0.717, 1.165) is 6.29 Å². The average Bonchev–Trinajstić information content (AvgIpc) is 2.37. The van der Waals surface area contributed by atoms with Gasteiger partial charge < -0.3 is 20.6 Å². The Hall–Kier alpha value is -1.95. The third-order valence-electron chi connectivity index (χ3n) is 2.53. The molecule has 0 aromatic heterocycles. The van der Waals surface area contributed by atoms with E-state index in [4.69, 9.17) is 10.9 Å². The Balaban J connectivity index is 2.76. The Bertz CT molecular complexity index is 449. The van der Waals surface area contributed by atoms with Crippen LogP contribution in [0.3, 0.4) is 0 Å². The molecule has 0 fully saturated rings. The lowest BCUT2D eigenvalue weighted by Gasteiger charge is -2.15. The molecule has 98 valence electrons. The van der Waals surface area contributed by atoms with Gasteiger partial charge in [-0.15, -0.1) is 0 Å². The van der Waals surface area contributed by atoms with Crippen LogP contribution in [0.1, 0.15) is 17.5 Å². The maximum absolute atomic E-state index is 13.7. The van der Waals surface area contributed by atoms with Crippen LogP contribution in [0.25, 0.3) is 0 Å². The van der Waals surface area contributed by atoms with Gasteiger partial charge >= 0.3 is 0 Å². The molecule has 0 amide bonds. The number of nitrogens with two attached hydrogens (primary N) is 1. The number of carbonyl (C=O) groups excluding carboxylic acids is 1. The fraction of sp³-hybridized carbons (Fsp3) is 0.333. The molecule has 0 aliphatic rings. The van der Waals surface area contributed by atoms with Gasteiger partial charge in [-0.2, -0.15) is 0 Å². The topological polar surface area (TPSA) is 78.9 Å². The number of nitrogens with zero attached hydrogens (tertiary/aromatic N) is 2. The number of carbonyl (C=O) groups is 1. The highest BCUT2D eigenvalue weighted by Crippen LogP contribution is 2.12. The molecule has 0 spiro atoms. The lowest BCUT2D eigenvalue weighted by molar-refractivity contribution is -0.108. The SMILES string of the molecule is CN(CCC=O)Cc1ccc(/C(N)=N/O)cc1F. The quantitative estimate of drug-likeness (QED) is 0.260. The third kappa shape index (κ3) is 3.81. The van der Waals surface area contributed by atoms with Gasteiger partial charge in [-0.1, -0.05) is 17.3 Å². The van der Waals surface area contributed by atoms with E-state index >= 15 is 0 Å². The first-order valence-electron chi connectivity index (χ1n) is 5.47. The molecule has 0 bridgehead atoms. The Kier molecular flexibility index (Phi) is 5.26. The molecule has 1 aromatic carbocycles. The normalized spacial score (nSPS) is 11.8. The van der Waals surface area contributed by atoms with Crippen molar-refractivity contribution in [3.05, 3.63) is 35.1 Å². The number of halogens is 1. The van der Waals surface area contributed by atoms with Crippen LogP contribution in [0, 0.1) is 5.82 Å². The second kappa shape index (κ2) is 6.70. The standard InChI is InChI=1S/C12H16FN3O2/c1-16(5-2-6-17)8-10-4-3-9(7-11(10)13)12(14)15-18/h3-4,6-7,18H,2,5,8H2,1H3,(H2,14,15). The number of hydrogen-bond donors (Lipinski definition) is 2. The minimum Gasteiger partial charge on any atom is -0.409 e. The van der Waals surface area contributed by atoms with Crippen molar-refractivity contribution in [1.82, 2.24) is 4.90 Å². The molecular weight excluding hydrogens is 237 g/mol. The highest BCUT2D eigenvalue weighted by Gasteiger charge is 2.08. The minimum atomic E-state index is -0.419. The summed E-state index contributed by atoms with van der Waals surface area (Å²) in [6.45, 7) is 0.973. The Morgan fingerprint density at radius 3 is 2.89 bits per heavy atom. The van der Waals surface area contributed by atoms with Crippen molar-refractivity contribution in [3.63, 3.8) is 0 Å². The molecule has 0 saturated heterocycles. The van der Waals surface area contributed by atoms with Crippen molar-refractivity contribution < 1.29 is 14.4 Å². The van der Waals surface area contributed by atoms with Crippen molar-refractivity contribution in [3.8, 4) is 0 Å². The molecule has 1 aromatic rings. The number of amidine groups is 1. The molecule has 0 unspecified atom stereocenters. The van der Waals surface area contributed by atoms with Crippen molar-refractivity contribution in [2.75, 3.05) is 13.6 Å². The smallest absolute Gasteiger partial charge is 0.170 e. The average molecular weight is 253 g/mol. The summed E-state index contributed by atoms with van der Waals surface area (Å²) in [5.41, 5.74) is 6.19. The van der Waals surface area contributed by atoms with Gasteiger partial charge in [-0.3, -0.25) is 0 Å². The van der Waals surface area contributed by atoms with Gasteiger partial charge in [-0.05, 0) is 13.1 Å². The maximum Gasteiger partial charge on any atom is 0.170 e. The molecule has 0 aliphatic heterocycles. The second-order valence-electron chi connectivity index (χ2n) is 3.98. The molecule has 3 N–H and O–H groups in total. The summed E-state index contributed by atoms with van der Waals surface area (Å²) in [4.78, 5) is 12.1. The van der Waals surface area contributed by atoms with E-state index in [-0.39, 0.29) is 5.84 Å². The first-order valence-corrected chi connectivity index (χ1v) is 5.47. The molecule has 1 rings (SSSR count). The summed E-state index contributed by atoms with van der Waals surface area (Å²) in [6.07, 6.45) is 1.24. The fourth-order valence-electron chi connectivity index (χ4n) is 1.54. The molecule has 0 heterocycles. The fourth-order valence-corrected chi connectivity index (χ4v) is 1.54. The molecule has 18 heavy (non-hydrogen) atoms. The molecular formula is C12H16FN3O2. The molecule has 0 atom stereocenters. The van der Waals surface area contributed by atoms with Crippen molar-refractivity contribution in [2.45, 2.75) is 13.0 Å². The maximum atomic E-state index is 13.7. The lowest BCUT2D eigenvalue weighted by atomic mass is 10.1. The van der Waals surface area contributed by atoms with Gasteiger partial charge in [0.2, 0.25) is 0 Å². The van der Waals surface area contributed by atoms with Crippen LogP contribution in [-0.4, -0.2) is 35.8 Å². The Labute approximate surface area is 105 Å². The number of hydrogen-bond acceptors (Lipinski definition) is 4. The van der Waals surface area contributed by atoms with E-state index < -0.39 is 5.82 Å². The molecule has 0 aliphatic carbocycles. The van der Waals surface area contributed by atoms with Crippen LogP contribution < -0.4 is 5.73 Å². The van der Waals surface area contributed by atoms with E-state index in [1.807, 2.05) is 4.90 Å². The summed E-state index contributed by atoms with van der Waals surface area (Å²) in [5.74, 6) is -0.549. The van der Waals surface area contributed by atoms with Crippen molar-refractivity contribution in [1.29, 1.82) is 0 Å². The van der Waals surface area contributed by atoms with Crippen LogP contribution in [0.4, 0.5) is 4.39 Å². The zero-order chi connectivity index (χ0) is 13.5. The summed E-state index contributed by atoms with van der Waals surface area (Å²) >= 11 is 0. The molecule has 5 nitrogen and oxygen atoms in total. The van der Waals surface area contributed by atoms with Gasteiger partial charge in [0.25, 0.3) is 0 Å². The predicted octanol–water partition coefficient (Wildman–Crippen LogP) is 0.941. The zero-order valence-electron chi connectivity index (χ0n) is 10.1. The van der Waals surface area contributed by atoms with Crippen LogP contribution >= 0.6 is 0 Å². The van der Waals surface area contributed by atoms with Gasteiger partial charge in [-0.25, -0.2) is 4.39 Å². The van der Waals surface area contributed by atoms with Crippen molar-refractivity contribution in [2.24, 2.45) is 10.9 Å². The minimum absolute atomic E-state index is 0.130. The summed E-state index contributed by atoms with van der Waals surface area (Å²) in [5, 5.41) is 11.3. The van der Waals surface area contributed by atoms with E-state index in [0.29, 0.717) is 30.6 Å². The highest BCUT2D eigenvalue weighted by molar-refractivity contribution is 5.97. The summed E-state index contributed by atoms with van der Waals surface area (Å²) in [6, 6.07) is 4.39. The number of benzene rings is 1. The van der Waals surface area contributed by atoms with Crippen LogP contribution in [0.5, 0.6) is 0 Å². The molecule has 0 saturated carbocycles. The Morgan fingerprint density at radius 2 is 2.33 bits per heavy atom. The van der Waals surface area contributed by atoms with E-state index in [9.17, 15) is 9.18 Å². The molecule has 0 radical (unpaired) electrons. The van der Waals surface area contributed by atoms with Gasteiger partial charge in [0.1, 0.15) is 12.1 Å². The number of aldehydes is 1. The monoisotopic (exact) mass is 253 g/mol. The zero-order valence-corrected chi connectivity index (χ0v) is 10.1. The lowest BCUT2D eigenvalue weighted by Crippen LogP contribution is -2.20. The Morgan fingerprint density at radius 1 is 1.61 bits per heavy atom. The first-order chi connectivity index (χ1) is 8.58. The highest BCUT2D eigenvalue weighted by atomic mass is 19.1. The van der Waals surface area contributed by atoms with E-state index in [2.05, 4.69) is 5.16 Å².